The van der Waals surface area contributed by atoms with Gasteiger partial charge in [-0.05, 0) is 47.9 Å². The summed E-state index contributed by atoms with van der Waals surface area (Å²) < 4.78 is 23.1. The van der Waals surface area contributed by atoms with Crippen molar-refractivity contribution >= 4 is 22.8 Å². The highest BCUT2D eigenvalue weighted by molar-refractivity contribution is 5.77. The van der Waals surface area contributed by atoms with Crippen molar-refractivity contribution < 1.29 is 9.13 Å². The van der Waals surface area contributed by atoms with E-state index in [-0.39, 0.29) is 18.3 Å². The summed E-state index contributed by atoms with van der Waals surface area (Å²) in [4.78, 5) is 33.4. The molecule has 0 fully saturated rings. The van der Waals surface area contributed by atoms with Crippen LogP contribution in [0.15, 0.2) is 58.1 Å². The van der Waals surface area contributed by atoms with Gasteiger partial charge in [-0.3, -0.25) is 13.9 Å². The lowest BCUT2D eigenvalue weighted by Gasteiger charge is -2.33. The second kappa shape index (κ2) is 7.91. The van der Waals surface area contributed by atoms with Crippen LogP contribution in [0.3, 0.4) is 0 Å². The third-order valence-corrected chi connectivity index (χ3v) is 6.08. The Morgan fingerprint density at radius 1 is 1.06 bits per heavy atom. The number of hydrogen-bond acceptors (Lipinski definition) is 5. The molecule has 0 spiro atoms. The molecule has 1 atom stereocenters. The molecule has 0 saturated carbocycles. The van der Waals surface area contributed by atoms with Gasteiger partial charge in [0, 0.05) is 25.8 Å². The summed E-state index contributed by atoms with van der Waals surface area (Å²) in [5.41, 5.74) is 1.47. The van der Waals surface area contributed by atoms with Crippen molar-refractivity contribution in [2.45, 2.75) is 20.0 Å². The molecule has 1 unspecified atom stereocenters. The van der Waals surface area contributed by atoms with Crippen molar-refractivity contribution in [1.29, 1.82) is 0 Å². The average Bonchev–Trinajstić information content (AvgIpc) is 3.21. The fourth-order valence-corrected chi connectivity index (χ4v) is 4.40. The van der Waals surface area contributed by atoms with E-state index < -0.39 is 11.2 Å². The molecule has 0 radical (unpaired) electrons. The first-order valence-corrected chi connectivity index (χ1v) is 10.7. The van der Waals surface area contributed by atoms with Gasteiger partial charge in [0.05, 0.1) is 13.7 Å². The number of benzene rings is 2. The minimum atomic E-state index is -0.462. The number of rotatable bonds is 4. The molecule has 0 aliphatic carbocycles. The molecule has 0 amide bonds. The Kier molecular flexibility index (Phi) is 5.03. The summed E-state index contributed by atoms with van der Waals surface area (Å²) >= 11 is 0. The first-order chi connectivity index (χ1) is 15.9. The van der Waals surface area contributed by atoms with Crippen molar-refractivity contribution in [3.63, 3.8) is 0 Å². The Morgan fingerprint density at radius 2 is 1.76 bits per heavy atom. The van der Waals surface area contributed by atoms with E-state index in [2.05, 4.69) is 11.8 Å². The van der Waals surface area contributed by atoms with Crippen LogP contribution in [0.4, 0.5) is 16.0 Å². The Bertz CT molecular complexity index is 1450. The molecule has 5 rings (SSSR count). The Hall–Kier alpha value is -3.88. The molecule has 9 heteroatoms. The predicted molar refractivity (Wildman–Crippen MR) is 124 cm³/mol. The smallest absolute Gasteiger partial charge is 0.332 e. The quantitative estimate of drug-likeness (QED) is 0.479. The van der Waals surface area contributed by atoms with E-state index >= 15 is 0 Å². The molecule has 0 saturated heterocycles. The topological polar surface area (TPSA) is 74.3 Å². The van der Waals surface area contributed by atoms with Crippen molar-refractivity contribution in [1.82, 2.24) is 18.7 Å². The lowest BCUT2D eigenvalue weighted by Crippen LogP contribution is -2.40. The zero-order chi connectivity index (χ0) is 23.3. The van der Waals surface area contributed by atoms with E-state index in [1.165, 1.54) is 21.3 Å². The van der Waals surface area contributed by atoms with Gasteiger partial charge in [0.2, 0.25) is 5.95 Å². The lowest BCUT2D eigenvalue weighted by atomic mass is 10.1. The van der Waals surface area contributed by atoms with E-state index in [4.69, 9.17) is 9.72 Å². The van der Waals surface area contributed by atoms with E-state index in [9.17, 15) is 14.0 Å². The van der Waals surface area contributed by atoms with Gasteiger partial charge in [-0.1, -0.05) is 19.1 Å². The van der Waals surface area contributed by atoms with Crippen LogP contribution in [0.2, 0.25) is 0 Å². The summed E-state index contributed by atoms with van der Waals surface area (Å²) in [6.45, 7) is 3.51. The number of imidazole rings is 1. The van der Waals surface area contributed by atoms with Crippen LogP contribution < -0.4 is 20.9 Å². The summed E-state index contributed by atoms with van der Waals surface area (Å²) in [5.74, 6) is 1.26. The number of hydrogen-bond donors (Lipinski definition) is 0. The molecule has 2 aromatic heterocycles. The normalized spacial score (nSPS) is 15.6. The first kappa shape index (κ1) is 21.0. The second-order valence-electron chi connectivity index (χ2n) is 8.47. The Morgan fingerprint density at radius 3 is 2.42 bits per heavy atom. The molecule has 8 nitrogen and oxygen atoms in total. The van der Waals surface area contributed by atoms with Gasteiger partial charge in [-0.15, -0.1) is 0 Å². The molecule has 1 aliphatic rings. The fraction of sp³-hybridized carbons (Fsp3) is 0.292. The maximum Gasteiger partial charge on any atom is 0.332 e. The number of halogens is 1. The highest BCUT2D eigenvalue weighted by atomic mass is 19.1. The monoisotopic (exact) mass is 449 g/mol. The largest absolute Gasteiger partial charge is 0.497 e. The summed E-state index contributed by atoms with van der Waals surface area (Å²) in [6.07, 6.45) is 0. The SMILES string of the molecule is COc1ccc(N2CC(C)Cn3c2nc2c3c(=O)n(Cc3ccc(F)cc3)c(=O)n2C)cc1. The van der Waals surface area contributed by atoms with Crippen molar-refractivity contribution in [3.8, 4) is 5.75 Å². The van der Waals surface area contributed by atoms with Crippen LogP contribution >= 0.6 is 0 Å². The minimum absolute atomic E-state index is 0.0555. The molecule has 2 aromatic carbocycles. The van der Waals surface area contributed by atoms with Crippen LogP contribution in [0.5, 0.6) is 5.75 Å². The highest BCUT2D eigenvalue weighted by Crippen LogP contribution is 2.33. The molecule has 3 heterocycles. The van der Waals surface area contributed by atoms with Crippen molar-refractivity contribution in [2.24, 2.45) is 13.0 Å². The Labute approximate surface area is 189 Å². The van der Waals surface area contributed by atoms with Crippen molar-refractivity contribution in [2.75, 3.05) is 18.6 Å². The van der Waals surface area contributed by atoms with Gasteiger partial charge >= 0.3 is 5.69 Å². The van der Waals surface area contributed by atoms with Gasteiger partial charge in [0.25, 0.3) is 5.56 Å². The number of ether oxygens (including phenoxy) is 1. The number of fused-ring (bicyclic) bond motifs is 3. The number of methoxy groups -OCH3 is 1. The predicted octanol–water partition coefficient (Wildman–Crippen LogP) is 2.88. The van der Waals surface area contributed by atoms with Gasteiger partial charge in [0.1, 0.15) is 11.6 Å². The maximum absolute atomic E-state index is 13.5. The highest BCUT2D eigenvalue weighted by Gasteiger charge is 2.29. The van der Waals surface area contributed by atoms with E-state index in [1.807, 2.05) is 28.8 Å². The van der Waals surface area contributed by atoms with E-state index in [1.54, 1.807) is 26.3 Å². The standard InChI is InChI=1S/C24H24FN5O3/c1-15-12-28(18-8-10-19(33-3)11-9-18)23-26-21-20(29(23)13-15)22(31)30(24(32)27(21)2)14-16-4-6-17(25)7-5-16/h4-11,15H,12-14H2,1-3H3. The van der Waals surface area contributed by atoms with E-state index in [0.29, 0.717) is 29.2 Å². The van der Waals surface area contributed by atoms with Crippen LogP contribution in [-0.2, 0) is 20.1 Å². The first-order valence-electron chi connectivity index (χ1n) is 10.7. The molecular weight excluding hydrogens is 425 g/mol. The molecular formula is C24H24FN5O3. The number of aromatic nitrogens is 4. The van der Waals surface area contributed by atoms with Gasteiger partial charge in [0.15, 0.2) is 11.2 Å². The Balaban J connectivity index is 1.68. The molecule has 4 aromatic rings. The summed E-state index contributed by atoms with van der Waals surface area (Å²) in [7, 11) is 3.24. The van der Waals surface area contributed by atoms with Crippen LogP contribution in [0.1, 0.15) is 12.5 Å². The number of nitrogens with zero attached hydrogens (tertiary/aromatic N) is 5. The van der Waals surface area contributed by atoms with Crippen LogP contribution in [0.25, 0.3) is 11.2 Å². The minimum Gasteiger partial charge on any atom is -0.497 e. The molecule has 0 N–H and O–H groups in total. The van der Waals surface area contributed by atoms with E-state index in [0.717, 1.165) is 18.0 Å². The van der Waals surface area contributed by atoms with Crippen LogP contribution in [0, 0.1) is 11.7 Å². The van der Waals surface area contributed by atoms with Gasteiger partial charge < -0.3 is 14.2 Å². The number of anilines is 2. The number of aryl methyl sites for hydroxylation is 1. The summed E-state index contributed by atoms with van der Waals surface area (Å²) in [5, 5.41) is 0. The fourth-order valence-electron chi connectivity index (χ4n) is 4.40. The average molecular weight is 449 g/mol. The molecule has 0 bridgehead atoms. The van der Waals surface area contributed by atoms with Crippen molar-refractivity contribution in [3.05, 3.63) is 80.7 Å². The third kappa shape index (κ3) is 3.49. The van der Waals surface area contributed by atoms with Crippen LogP contribution in [-0.4, -0.2) is 32.3 Å². The zero-order valence-electron chi connectivity index (χ0n) is 18.7. The second-order valence-corrected chi connectivity index (χ2v) is 8.47. The summed E-state index contributed by atoms with van der Waals surface area (Å²) in [6, 6.07) is 13.4. The molecule has 170 valence electrons. The van der Waals surface area contributed by atoms with Gasteiger partial charge in [-0.2, -0.15) is 4.98 Å². The lowest BCUT2D eigenvalue weighted by molar-refractivity contribution is 0.414. The zero-order valence-corrected chi connectivity index (χ0v) is 18.7. The van der Waals surface area contributed by atoms with Gasteiger partial charge in [-0.25, -0.2) is 9.18 Å². The molecule has 33 heavy (non-hydrogen) atoms. The third-order valence-electron chi connectivity index (χ3n) is 6.08. The maximum atomic E-state index is 13.5. The molecule has 1 aliphatic heterocycles.